The van der Waals surface area contributed by atoms with Crippen LogP contribution in [0.2, 0.25) is 0 Å². The molecule has 5 nitrogen and oxygen atoms in total. The largest absolute Gasteiger partial charge is 0.481 e. The van der Waals surface area contributed by atoms with Gasteiger partial charge in [-0.2, -0.15) is 4.98 Å². The first-order valence-corrected chi connectivity index (χ1v) is 7.18. The molecule has 3 heterocycles. The zero-order valence-electron chi connectivity index (χ0n) is 13.2. The number of aromatic nitrogens is 4. The van der Waals surface area contributed by atoms with E-state index in [4.69, 9.17) is 4.74 Å². The Morgan fingerprint density at radius 3 is 2.74 bits per heavy atom. The lowest BCUT2D eigenvalue weighted by molar-refractivity contribution is 0.397. The van der Waals surface area contributed by atoms with Gasteiger partial charge in [-0.3, -0.25) is 9.55 Å². The smallest absolute Gasteiger partial charge is 0.214 e. The predicted molar refractivity (Wildman–Crippen MR) is 87.6 cm³/mol. The lowest BCUT2D eigenvalue weighted by Gasteiger charge is -2.05. The first-order chi connectivity index (χ1) is 11.2. The van der Waals surface area contributed by atoms with E-state index in [1.54, 1.807) is 13.3 Å². The van der Waals surface area contributed by atoms with Gasteiger partial charge in [0.2, 0.25) is 5.88 Å². The van der Waals surface area contributed by atoms with Gasteiger partial charge in [0.1, 0.15) is 17.3 Å². The van der Waals surface area contributed by atoms with Crippen LogP contribution in [0.4, 0.5) is 0 Å². The molecule has 0 N–H and O–H groups in total. The van der Waals surface area contributed by atoms with Crippen LogP contribution in [-0.4, -0.2) is 26.6 Å². The van der Waals surface area contributed by atoms with Crippen molar-refractivity contribution in [1.82, 2.24) is 19.5 Å². The van der Waals surface area contributed by atoms with Gasteiger partial charge in [0, 0.05) is 29.7 Å². The van der Waals surface area contributed by atoms with Gasteiger partial charge in [-0.1, -0.05) is 12.0 Å². The predicted octanol–water partition coefficient (Wildman–Crippen LogP) is 2.69. The highest BCUT2D eigenvalue weighted by atomic mass is 16.5. The lowest BCUT2D eigenvalue weighted by Crippen LogP contribution is -1.99. The molecule has 0 aliphatic heterocycles. The van der Waals surface area contributed by atoms with Gasteiger partial charge in [-0.05, 0) is 38.0 Å². The van der Waals surface area contributed by atoms with Gasteiger partial charge in [0.15, 0.2) is 0 Å². The van der Waals surface area contributed by atoms with Gasteiger partial charge in [0.25, 0.3) is 0 Å². The molecule has 0 spiro atoms. The molecule has 0 bridgehead atoms. The summed E-state index contributed by atoms with van der Waals surface area (Å²) in [5.41, 5.74) is 2.56. The molecular weight excluding hydrogens is 288 g/mol. The average molecular weight is 304 g/mol. The molecule has 23 heavy (non-hydrogen) atoms. The van der Waals surface area contributed by atoms with E-state index in [-0.39, 0.29) is 0 Å². The Labute approximate surface area is 135 Å². The van der Waals surface area contributed by atoms with E-state index in [0.29, 0.717) is 11.6 Å². The van der Waals surface area contributed by atoms with Crippen molar-refractivity contribution in [3.63, 3.8) is 0 Å². The van der Waals surface area contributed by atoms with Crippen molar-refractivity contribution in [2.45, 2.75) is 13.8 Å². The Balaban J connectivity index is 1.92. The Morgan fingerprint density at radius 2 is 1.96 bits per heavy atom. The number of pyridine rings is 2. The van der Waals surface area contributed by atoms with Crippen molar-refractivity contribution in [3.05, 3.63) is 65.5 Å². The van der Waals surface area contributed by atoms with Crippen molar-refractivity contribution >= 4 is 0 Å². The van der Waals surface area contributed by atoms with E-state index in [1.807, 2.05) is 54.9 Å². The van der Waals surface area contributed by atoms with Crippen molar-refractivity contribution in [3.8, 4) is 23.5 Å². The second-order valence-corrected chi connectivity index (χ2v) is 5.02. The normalized spacial score (nSPS) is 10.0. The summed E-state index contributed by atoms with van der Waals surface area (Å²) in [5, 5.41) is 0. The molecule has 0 fully saturated rings. The summed E-state index contributed by atoms with van der Waals surface area (Å²) >= 11 is 0. The first kappa shape index (κ1) is 14.8. The number of imidazole rings is 1. The molecular formula is C18H16N4O. The SMILES string of the molecule is COc1cccc(-n2cc(C#Cc3ccnc(C)c3)nc2C)n1. The summed E-state index contributed by atoms with van der Waals surface area (Å²) in [6, 6.07) is 9.43. The molecule has 3 rings (SSSR count). The van der Waals surface area contributed by atoms with E-state index in [1.165, 1.54) is 0 Å². The average Bonchev–Trinajstić information content (AvgIpc) is 2.94. The molecule has 0 radical (unpaired) electrons. The molecule has 3 aromatic heterocycles. The number of ether oxygens (including phenoxy) is 1. The van der Waals surface area contributed by atoms with Gasteiger partial charge in [-0.25, -0.2) is 4.98 Å². The Morgan fingerprint density at radius 1 is 1.09 bits per heavy atom. The van der Waals surface area contributed by atoms with Crippen LogP contribution in [0.3, 0.4) is 0 Å². The summed E-state index contributed by atoms with van der Waals surface area (Å²) < 4.78 is 7.05. The van der Waals surface area contributed by atoms with E-state index in [0.717, 1.165) is 22.9 Å². The molecule has 3 aromatic rings. The fourth-order valence-corrected chi connectivity index (χ4v) is 2.18. The third kappa shape index (κ3) is 3.38. The van der Waals surface area contributed by atoms with Crippen LogP contribution in [0, 0.1) is 25.7 Å². The number of rotatable bonds is 2. The van der Waals surface area contributed by atoms with Crippen molar-refractivity contribution in [2.24, 2.45) is 0 Å². The highest BCUT2D eigenvalue weighted by Gasteiger charge is 2.06. The quantitative estimate of drug-likeness (QED) is 0.683. The van der Waals surface area contributed by atoms with Gasteiger partial charge >= 0.3 is 0 Å². The lowest BCUT2D eigenvalue weighted by atomic mass is 10.2. The monoisotopic (exact) mass is 304 g/mol. The van der Waals surface area contributed by atoms with Crippen LogP contribution in [0.25, 0.3) is 5.82 Å². The summed E-state index contributed by atoms with van der Waals surface area (Å²) in [7, 11) is 1.60. The number of nitrogens with zero attached hydrogens (tertiary/aromatic N) is 4. The maximum Gasteiger partial charge on any atom is 0.214 e. The topological polar surface area (TPSA) is 52.8 Å². The fraction of sp³-hybridized carbons (Fsp3) is 0.167. The minimum Gasteiger partial charge on any atom is -0.481 e. The van der Waals surface area contributed by atoms with Crippen LogP contribution in [0.15, 0.2) is 42.7 Å². The van der Waals surface area contributed by atoms with Crippen LogP contribution >= 0.6 is 0 Å². The molecule has 0 aliphatic carbocycles. The highest BCUT2D eigenvalue weighted by molar-refractivity contribution is 5.41. The number of methoxy groups -OCH3 is 1. The summed E-state index contributed by atoms with van der Waals surface area (Å²) in [5.74, 6) is 8.32. The standard InChI is InChI=1S/C18H16N4O/c1-13-11-15(9-10-19-13)7-8-16-12-22(14(2)20-16)17-5-4-6-18(21-17)23-3/h4-6,9-12H,1-3H3. The molecule has 0 unspecified atom stereocenters. The fourth-order valence-electron chi connectivity index (χ4n) is 2.18. The number of aryl methyl sites for hydroxylation is 2. The zero-order valence-corrected chi connectivity index (χ0v) is 13.2. The summed E-state index contributed by atoms with van der Waals surface area (Å²) in [4.78, 5) is 13.0. The third-order valence-electron chi connectivity index (χ3n) is 3.28. The zero-order chi connectivity index (χ0) is 16.2. The van der Waals surface area contributed by atoms with E-state index in [9.17, 15) is 0 Å². The highest BCUT2D eigenvalue weighted by Crippen LogP contribution is 2.14. The summed E-state index contributed by atoms with van der Waals surface area (Å²) in [6.45, 7) is 3.86. The Bertz CT molecular complexity index is 903. The van der Waals surface area contributed by atoms with Crippen molar-refractivity contribution in [1.29, 1.82) is 0 Å². The van der Waals surface area contributed by atoms with Gasteiger partial charge < -0.3 is 4.74 Å². The summed E-state index contributed by atoms with van der Waals surface area (Å²) in [6.07, 6.45) is 3.63. The van der Waals surface area contributed by atoms with E-state index in [2.05, 4.69) is 26.8 Å². The maximum absolute atomic E-state index is 5.16. The van der Waals surface area contributed by atoms with Crippen LogP contribution in [0.1, 0.15) is 22.8 Å². The molecule has 0 atom stereocenters. The molecule has 0 aliphatic rings. The van der Waals surface area contributed by atoms with Gasteiger partial charge in [-0.15, -0.1) is 0 Å². The van der Waals surface area contributed by atoms with Crippen LogP contribution < -0.4 is 4.74 Å². The van der Waals surface area contributed by atoms with Crippen LogP contribution in [-0.2, 0) is 0 Å². The Kier molecular flexibility index (Phi) is 4.07. The van der Waals surface area contributed by atoms with Crippen molar-refractivity contribution in [2.75, 3.05) is 7.11 Å². The maximum atomic E-state index is 5.16. The van der Waals surface area contributed by atoms with E-state index < -0.39 is 0 Å². The van der Waals surface area contributed by atoms with Crippen molar-refractivity contribution < 1.29 is 4.74 Å². The minimum atomic E-state index is 0.565. The molecule has 114 valence electrons. The first-order valence-electron chi connectivity index (χ1n) is 7.18. The minimum absolute atomic E-state index is 0.565. The molecule has 0 aromatic carbocycles. The molecule has 0 amide bonds. The number of hydrogen-bond donors (Lipinski definition) is 0. The molecule has 0 saturated carbocycles. The molecule has 0 saturated heterocycles. The third-order valence-corrected chi connectivity index (χ3v) is 3.28. The van der Waals surface area contributed by atoms with E-state index >= 15 is 0 Å². The van der Waals surface area contributed by atoms with Crippen LogP contribution in [0.5, 0.6) is 5.88 Å². The number of hydrogen-bond acceptors (Lipinski definition) is 4. The van der Waals surface area contributed by atoms with Gasteiger partial charge in [0.05, 0.1) is 7.11 Å². The Hall–Kier alpha value is -3.13. The second-order valence-electron chi connectivity index (χ2n) is 5.02. The molecule has 5 heteroatoms. The second kappa shape index (κ2) is 6.32.